The zero-order chi connectivity index (χ0) is 12.4. The van der Waals surface area contributed by atoms with Crippen LogP contribution >= 0.6 is 0 Å². The summed E-state index contributed by atoms with van der Waals surface area (Å²) in [4.78, 5) is 16.8. The molecular formula is C13H25N3O. The third kappa shape index (κ3) is 2.80. The number of likely N-dealkylation sites (tertiary alicyclic amines) is 1. The topological polar surface area (TPSA) is 35.6 Å². The molecule has 2 fully saturated rings. The molecular weight excluding hydrogens is 214 g/mol. The fourth-order valence-corrected chi connectivity index (χ4v) is 2.95. The van der Waals surface area contributed by atoms with Crippen molar-refractivity contribution in [1.29, 1.82) is 0 Å². The summed E-state index contributed by atoms with van der Waals surface area (Å²) in [5.41, 5.74) is 0. The van der Waals surface area contributed by atoms with Gasteiger partial charge in [0, 0.05) is 25.7 Å². The lowest BCUT2D eigenvalue weighted by Gasteiger charge is -2.37. The highest BCUT2D eigenvalue weighted by atomic mass is 16.2. The average Bonchev–Trinajstić information content (AvgIpc) is 2.74. The van der Waals surface area contributed by atoms with Crippen molar-refractivity contribution in [2.45, 2.75) is 25.8 Å². The monoisotopic (exact) mass is 239 g/mol. The van der Waals surface area contributed by atoms with E-state index in [-0.39, 0.29) is 5.92 Å². The Morgan fingerprint density at radius 3 is 2.71 bits per heavy atom. The second-order valence-electron chi connectivity index (χ2n) is 5.79. The third-order valence-electron chi connectivity index (χ3n) is 4.27. The molecule has 17 heavy (non-hydrogen) atoms. The zero-order valence-electron chi connectivity index (χ0n) is 11.3. The van der Waals surface area contributed by atoms with Crippen molar-refractivity contribution in [2.75, 3.05) is 40.3 Å². The zero-order valence-corrected chi connectivity index (χ0v) is 11.3. The van der Waals surface area contributed by atoms with E-state index in [1.165, 1.54) is 6.42 Å². The first-order valence-electron chi connectivity index (χ1n) is 6.75. The molecule has 0 aromatic heterocycles. The molecule has 3 atom stereocenters. The van der Waals surface area contributed by atoms with Crippen molar-refractivity contribution in [3.05, 3.63) is 0 Å². The standard InChI is InChI=1S/C13H25N3O/c1-10-7-14-8-12(10)13(17)16-6-4-5-11(9-16)15(2)3/h10-12,14H,4-9H2,1-3H3. The van der Waals surface area contributed by atoms with Crippen molar-refractivity contribution in [3.63, 3.8) is 0 Å². The van der Waals surface area contributed by atoms with Gasteiger partial charge in [0.2, 0.25) is 5.91 Å². The molecule has 4 heteroatoms. The number of piperidine rings is 1. The van der Waals surface area contributed by atoms with Gasteiger partial charge in [-0.3, -0.25) is 4.79 Å². The first-order valence-corrected chi connectivity index (χ1v) is 6.75. The Morgan fingerprint density at radius 2 is 2.12 bits per heavy atom. The summed E-state index contributed by atoms with van der Waals surface area (Å²) in [7, 11) is 4.22. The van der Waals surface area contributed by atoms with Crippen LogP contribution in [0, 0.1) is 11.8 Å². The SMILES string of the molecule is CC1CNCC1C(=O)N1CCCC(N(C)C)C1. The summed E-state index contributed by atoms with van der Waals surface area (Å²) in [6, 6.07) is 0.539. The fraction of sp³-hybridized carbons (Fsp3) is 0.923. The van der Waals surface area contributed by atoms with Gasteiger partial charge in [-0.25, -0.2) is 0 Å². The van der Waals surface area contributed by atoms with Gasteiger partial charge in [-0.05, 0) is 39.4 Å². The molecule has 1 amide bonds. The predicted octanol–water partition coefficient (Wildman–Crippen LogP) is 0.395. The molecule has 0 aromatic carbocycles. The Morgan fingerprint density at radius 1 is 1.35 bits per heavy atom. The van der Waals surface area contributed by atoms with Gasteiger partial charge >= 0.3 is 0 Å². The second kappa shape index (κ2) is 5.36. The number of hydrogen-bond acceptors (Lipinski definition) is 3. The van der Waals surface area contributed by atoms with E-state index in [2.05, 4.69) is 36.1 Å². The van der Waals surface area contributed by atoms with Gasteiger partial charge in [-0.2, -0.15) is 0 Å². The Hall–Kier alpha value is -0.610. The first kappa shape index (κ1) is 12.8. The summed E-state index contributed by atoms with van der Waals surface area (Å²) in [6.07, 6.45) is 2.36. The maximum atomic E-state index is 12.4. The molecule has 2 rings (SSSR count). The van der Waals surface area contributed by atoms with Crippen molar-refractivity contribution < 1.29 is 4.79 Å². The number of nitrogens with one attached hydrogen (secondary N) is 1. The molecule has 0 spiro atoms. The molecule has 0 radical (unpaired) electrons. The molecule has 4 nitrogen and oxygen atoms in total. The lowest BCUT2D eigenvalue weighted by atomic mass is 9.95. The summed E-state index contributed by atoms with van der Waals surface area (Å²) in [5, 5.41) is 3.32. The van der Waals surface area contributed by atoms with Crippen LogP contribution in [0.25, 0.3) is 0 Å². The largest absolute Gasteiger partial charge is 0.341 e. The first-order chi connectivity index (χ1) is 8.09. The van der Waals surface area contributed by atoms with Gasteiger partial charge in [-0.1, -0.05) is 6.92 Å². The number of carbonyl (C=O) groups is 1. The van der Waals surface area contributed by atoms with Crippen LogP contribution in [0.5, 0.6) is 0 Å². The Kier molecular flexibility index (Phi) is 4.05. The normalized spacial score (nSPS) is 34.4. The number of amides is 1. The highest BCUT2D eigenvalue weighted by Crippen LogP contribution is 2.22. The van der Waals surface area contributed by atoms with E-state index in [0.717, 1.165) is 32.6 Å². The number of carbonyl (C=O) groups excluding carboxylic acids is 1. The van der Waals surface area contributed by atoms with E-state index in [4.69, 9.17) is 0 Å². The Labute approximate surface area is 104 Å². The van der Waals surface area contributed by atoms with Crippen LogP contribution in [0.2, 0.25) is 0 Å². The fourth-order valence-electron chi connectivity index (χ4n) is 2.95. The van der Waals surface area contributed by atoms with Crippen LogP contribution in [-0.2, 0) is 4.79 Å². The highest BCUT2D eigenvalue weighted by molar-refractivity contribution is 5.80. The van der Waals surface area contributed by atoms with Crippen LogP contribution in [-0.4, -0.2) is 62.0 Å². The van der Waals surface area contributed by atoms with Crippen LogP contribution in [0.15, 0.2) is 0 Å². The van der Waals surface area contributed by atoms with Crippen molar-refractivity contribution in [2.24, 2.45) is 11.8 Å². The van der Waals surface area contributed by atoms with E-state index >= 15 is 0 Å². The summed E-state index contributed by atoms with van der Waals surface area (Å²) in [5.74, 6) is 1.06. The summed E-state index contributed by atoms with van der Waals surface area (Å²) >= 11 is 0. The quantitative estimate of drug-likeness (QED) is 0.757. The van der Waals surface area contributed by atoms with Crippen LogP contribution < -0.4 is 5.32 Å². The van der Waals surface area contributed by atoms with Gasteiger partial charge < -0.3 is 15.1 Å². The average molecular weight is 239 g/mol. The third-order valence-corrected chi connectivity index (χ3v) is 4.27. The number of rotatable bonds is 2. The van der Waals surface area contributed by atoms with E-state index in [1.54, 1.807) is 0 Å². The van der Waals surface area contributed by atoms with Crippen LogP contribution in [0.3, 0.4) is 0 Å². The van der Waals surface area contributed by atoms with Crippen molar-refractivity contribution in [3.8, 4) is 0 Å². The van der Waals surface area contributed by atoms with Gasteiger partial charge in [-0.15, -0.1) is 0 Å². The minimum atomic E-state index is 0.205. The summed E-state index contributed by atoms with van der Waals surface area (Å²) in [6.45, 7) is 5.89. The number of hydrogen-bond donors (Lipinski definition) is 1. The number of nitrogens with zero attached hydrogens (tertiary/aromatic N) is 2. The molecule has 1 N–H and O–H groups in total. The minimum Gasteiger partial charge on any atom is -0.341 e. The lowest BCUT2D eigenvalue weighted by Crippen LogP contribution is -2.50. The van der Waals surface area contributed by atoms with Crippen molar-refractivity contribution >= 4 is 5.91 Å². The lowest BCUT2D eigenvalue weighted by molar-refractivity contribution is -0.137. The molecule has 2 aliphatic rings. The molecule has 0 saturated carbocycles. The number of likely N-dealkylation sites (N-methyl/N-ethyl adjacent to an activating group) is 1. The summed E-state index contributed by atoms with van der Waals surface area (Å²) < 4.78 is 0. The molecule has 98 valence electrons. The van der Waals surface area contributed by atoms with Gasteiger partial charge in [0.25, 0.3) is 0 Å². The Bertz CT molecular complexity index is 280. The second-order valence-corrected chi connectivity index (χ2v) is 5.79. The maximum Gasteiger partial charge on any atom is 0.227 e. The van der Waals surface area contributed by atoms with Crippen LogP contribution in [0.1, 0.15) is 19.8 Å². The molecule has 0 aliphatic carbocycles. The van der Waals surface area contributed by atoms with Crippen LogP contribution in [0.4, 0.5) is 0 Å². The highest BCUT2D eigenvalue weighted by Gasteiger charge is 2.34. The molecule has 2 saturated heterocycles. The van der Waals surface area contributed by atoms with E-state index < -0.39 is 0 Å². The molecule has 0 aromatic rings. The minimum absolute atomic E-state index is 0.205. The molecule has 3 unspecified atom stereocenters. The maximum absolute atomic E-state index is 12.4. The predicted molar refractivity (Wildman–Crippen MR) is 68.8 cm³/mol. The molecule has 0 bridgehead atoms. The molecule has 2 heterocycles. The van der Waals surface area contributed by atoms with Crippen molar-refractivity contribution in [1.82, 2.24) is 15.1 Å². The van der Waals surface area contributed by atoms with Gasteiger partial charge in [0.05, 0.1) is 5.92 Å². The van der Waals surface area contributed by atoms with E-state index in [9.17, 15) is 4.79 Å². The van der Waals surface area contributed by atoms with Gasteiger partial charge in [0.1, 0.15) is 0 Å². The Balaban J connectivity index is 1.94. The van der Waals surface area contributed by atoms with E-state index in [1.807, 2.05) is 0 Å². The van der Waals surface area contributed by atoms with Gasteiger partial charge in [0.15, 0.2) is 0 Å². The molecule has 2 aliphatic heterocycles. The van der Waals surface area contributed by atoms with E-state index in [0.29, 0.717) is 17.9 Å². The smallest absolute Gasteiger partial charge is 0.227 e.